The Kier molecular flexibility index (Phi) is 3.99. The lowest BCUT2D eigenvalue weighted by molar-refractivity contribution is 0.0522. The first-order valence-corrected chi connectivity index (χ1v) is 6.05. The van der Waals surface area contributed by atoms with Crippen LogP contribution in [-0.2, 0) is 4.74 Å². The molecule has 0 fully saturated rings. The highest BCUT2D eigenvalue weighted by Gasteiger charge is 2.17. The Morgan fingerprint density at radius 3 is 2.89 bits per heavy atom. The summed E-state index contributed by atoms with van der Waals surface area (Å²) in [6.07, 6.45) is 1.45. The fourth-order valence-corrected chi connectivity index (χ4v) is 1.79. The van der Waals surface area contributed by atoms with Crippen molar-refractivity contribution >= 4 is 28.5 Å². The molecule has 0 aliphatic heterocycles. The number of hydrogen-bond donors (Lipinski definition) is 0. The summed E-state index contributed by atoms with van der Waals surface area (Å²) in [5.41, 5.74) is 1.03. The number of esters is 1. The number of fused-ring (bicyclic) bond motifs is 1. The number of rotatable bonds is 4. The van der Waals surface area contributed by atoms with Crippen LogP contribution in [0.1, 0.15) is 17.3 Å². The predicted molar refractivity (Wildman–Crippen MR) is 69.0 cm³/mol. The Balaban J connectivity index is 2.58. The number of carbonyl (C=O) groups is 1. The van der Waals surface area contributed by atoms with Gasteiger partial charge in [-0.25, -0.2) is 4.79 Å². The summed E-state index contributed by atoms with van der Waals surface area (Å²) in [5.74, 6) is -0.0510. The van der Waals surface area contributed by atoms with Gasteiger partial charge < -0.3 is 9.47 Å². The second-order valence-electron chi connectivity index (χ2n) is 3.49. The van der Waals surface area contributed by atoms with Gasteiger partial charge in [-0.15, -0.1) is 0 Å². The number of aromatic nitrogens is 1. The van der Waals surface area contributed by atoms with Crippen LogP contribution in [0.4, 0.5) is 0 Å². The molecule has 0 unspecified atom stereocenters. The Labute approximate surface area is 109 Å². The van der Waals surface area contributed by atoms with Crippen molar-refractivity contribution in [1.29, 1.82) is 0 Å². The van der Waals surface area contributed by atoms with E-state index in [1.165, 1.54) is 6.20 Å². The first-order chi connectivity index (χ1) is 8.77. The molecule has 1 aromatic carbocycles. The average molecular weight is 266 g/mol. The lowest BCUT2D eigenvalue weighted by Crippen LogP contribution is -2.08. The van der Waals surface area contributed by atoms with E-state index in [0.717, 1.165) is 10.9 Å². The second kappa shape index (κ2) is 5.69. The van der Waals surface area contributed by atoms with Crippen LogP contribution in [0.3, 0.4) is 0 Å². The van der Waals surface area contributed by atoms with Crippen molar-refractivity contribution in [3.8, 4) is 5.75 Å². The molecule has 0 atom stereocenters. The van der Waals surface area contributed by atoms with Crippen LogP contribution >= 0.6 is 11.6 Å². The quantitative estimate of drug-likeness (QED) is 0.630. The average Bonchev–Trinajstić information content (AvgIpc) is 2.39. The monoisotopic (exact) mass is 265 g/mol. The fraction of sp³-hybridized carbons (Fsp3) is 0.231. The number of para-hydroxylation sites is 1. The molecular formula is C13H12ClNO3. The second-order valence-corrected chi connectivity index (χ2v) is 3.71. The normalized spacial score (nSPS) is 10.3. The molecular weight excluding hydrogens is 254 g/mol. The maximum atomic E-state index is 11.8. The summed E-state index contributed by atoms with van der Waals surface area (Å²) in [5, 5.41) is 0.740. The largest absolute Gasteiger partial charge is 0.476 e. The lowest BCUT2D eigenvalue weighted by atomic mass is 10.1. The van der Waals surface area contributed by atoms with E-state index in [1.807, 2.05) is 24.3 Å². The van der Waals surface area contributed by atoms with Gasteiger partial charge in [-0.1, -0.05) is 23.7 Å². The Hall–Kier alpha value is -1.81. The van der Waals surface area contributed by atoms with E-state index in [9.17, 15) is 4.79 Å². The lowest BCUT2D eigenvalue weighted by Gasteiger charge is -2.11. The number of carbonyl (C=O) groups excluding carboxylic acids is 1. The number of hydrogen-bond acceptors (Lipinski definition) is 4. The molecule has 0 N–H and O–H groups in total. The van der Waals surface area contributed by atoms with E-state index in [4.69, 9.17) is 21.1 Å². The molecule has 2 aromatic rings. The van der Waals surface area contributed by atoms with Crippen LogP contribution in [0.5, 0.6) is 5.75 Å². The number of halogens is 1. The molecule has 0 aliphatic rings. The van der Waals surface area contributed by atoms with E-state index in [2.05, 4.69) is 4.98 Å². The van der Waals surface area contributed by atoms with Crippen molar-refractivity contribution in [3.63, 3.8) is 0 Å². The molecule has 4 nitrogen and oxygen atoms in total. The minimum Gasteiger partial charge on any atom is -0.476 e. The van der Waals surface area contributed by atoms with Gasteiger partial charge in [0.15, 0.2) is 6.07 Å². The smallest absolute Gasteiger partial charge is 0.343 e. The van der Waals surface area contributed by atoms with E-state index in [1.54, 1.807) is 6.92 Å². The zero-order valence-corrected chi connectivity index (χ0v) is 10.6. The Morgan fingerprint density at radius 2 is 2.17 bits per heavy atom. The SMILES string of the molecule is CCOC(=O)c1cnc2ccccc2c1OCCl. The third kappa shape index (κ3) is 2.38. The van der Waals surface area contributed by atoms with Crippen molar-refractivity contribution in [2.45, 2.75) is 6.92 Å². The molecule has 2 rings (SSSR count). The molecule has 18 heavy (non-hydrogen) atoms. The number of alkyl halides is 1. The minimum absolute atomic E-state index is 0.0413. The van der Waals surface area contributed by atoms with Crippen molar-refractivity contribution in [2.24, 2.45) is 0 Å². The van der Waals surface area contributed by atoms with Gasteiger partial charge in [0, 0.05) is 11.6 Å². The number of nitrogens with zero attached hydrogens (tertiary/aromatic N) is 1. The van der Waals surface area contributed by atoms with Crippen molar-refractivity contribution in [2.75, 3.05) is 12.7 Å². The molecule has 0 spiro atoms. The number of benzene rings is 1. The van der Waals surface area contributed by atoms with E-state index < -0.39 is 5.97 Å². The zero-order chi connectivity index (χ0) is 13.0. The van der Waals surface area contributed by atoms with Gasteiger partial charge in [-0.3, -0.25) is 4.98 Å². The van der Waals surface area contributed by atoms with Crippen LogP contribution in [-0.4, -0.2) is 23.6 Å². The first kappa shape index (κ1) is 12.6. The third-order valence-corrected chi connectivity index (χ3v) is 2.53. The summed E-state index contributed by atoms with van der Waals surface area (Å²) in [6, 6.07) is 7.34. The highest BCUT2D eigenvalue weighted by Crippen LogP contribution is 2.29. The van der Waals surface area contributed by atoms with E-state index >= 15 is 0 Å². The molecule has 0 saturated heterocycles. The standard InChI is InChI=1S/C13H12ClNO3/c1-2-17-13(16)10-7-15-11-6-4-3-5-9(11)12(10)18-8-14/h3-7H,2,8H2,1H3. The van der Waals surface area contributed by atoms with E-state index in [0.29, 0.717) is 12.4 Å². The fourth-order valence-electron chi connectivity index (χ4n) is 1.68. The Bertz CT molecular complexity index is 571. The van der Waals surface area contributed by atoms with Crippen molar-refractivity contribution in [1.82, 2.24) is 4.98 Å². The number of ether oxygens (including phenoxy) is 2. The molecule has 1 aromatic heterocycles. The highest BCUT2D eigenvalue weighted by molar-refractivity contribution is 6.17. The van der Waals surface area contributed by atoms with Crippen molar-refractivity contribution < 1.29 is 14.3 Å². The summed E-state index contributed by atoms with van der Waals surface area (Å²) < 4.78 is 10.3. The summed E-state index contributed by atoms with van der Waals surface area (Å²) in [4.78, 5) is 16.0. The maximum Gasteiger partial charge on any atom is 0.343 e. The predicted octanol–water partition coefficient (Wildman–Crippen LogP) is 2.99. The molecule has 94 valence electrons. The van der Waals surface area contributed by atoms with E-state index in [-0.39, 0.29) is 11.6 Å². The van der Waals surface area contributed by atoms with Gasteiger partial charge >= 0.3 is 5.97 Å². The van der Waals surface area contributed by atoms with Crippen LogP contribution in [0, 0.1) is 0 Å². The number of pyridine rings is 1. The molecule has 1 heterocycles. The van der Waals surface area contributed by atoms with Gasteiger partial charge in [0.25, 0.3) is 0 Å². The summed E-state index contributed by atoms with van der Waals surface area (Å²) in [7, 11) is 0. The van der Waals surface area contributed by atoms with Crippen LogP contribution in [0.25, 0.3) is 10.9 Å². The van der Waals surface area contributed by atoms with Gasteiger partial charge in [0.05, 0.1) is 12.1 Å². The van der Waals surface area contributed by atoms with Gasteiger partial charge in [0.2, 0.25) is 0 Å². The third-order valence-electron chi connectivity index (χ3n) is 2.42. The molecule has 0 amide bonds. The minimum atomic E-state index is -0.462. The molecule has 0 aliphatic carbocycles. The van der Waals surface area contributed by atoms with Gasteiger partial charge in [-0.2, -0.15) is 0 Å². The van der Waals surface area contributed by atoms with Gasteiger partial charge in [-0.05, 0) is 19.1 Å². The zero-order valence-electron chi connectivity index (χ0n) is 9.85. The Morgan fingerprint density at radius 1 is 1.39 bits per heavy atom. The molecule has 0 radical (unpaired) electrons. The molecule has 0 saturated carbocycles. The van der Waals surface area contributed by atoms with Gasteiger partial charge in [0.1, 0.15) is 11.3 Å². The first-order valence-electron chi connectivity index (χ1n) is 5.51. The molecule has 0 bridgehead atoms. The van der Waals surface area contributed by atoms with Crippen LogP contribution < -0.4 is 4.74 Å². The molecule has 5 heteroatoms. The van der Waals surface area contributed by atoms with Crippen molar-refractivity contribution in [3.05, 3.63) is 36.0 Å². The maximum absolute atomic E-state index is 11.8. The summed E-state index contributed by atoms with van der Waals surface area (Å²) >= 11 is 5.60. The highest BCUT2D eigenvalue weighted by atomic mass is 35.5. The van der Waals surface area contributed by atoms with Crippen LogP contribution in [0.15, 0.2) is 30.5 Å². The van der Waals surface area contributed by atoms with Crippen LogP contribution in [0.2, 0.25) is 0 Å². The summed E-state index contributed by atoms with van der Waals surface area (Å²) in [6.45, 7) is 2.04. The topological polar surface area (TPSA) is 48.4 Å².